The number of nitrogens with two attached hydrogens (primary N) is 1. The highest BCUT2D eigenvalue weighted by atomic mass is 16.5. The van der Waals surface area contributed by atoms with Crippen LogP contribution in [0.3, 0.4) is 0 Å². The normalized spacial score (nSPS) is 18.1. The molecule has 1 heterocycles. The lowest BCUT2D eigenvalue weighted by molar-refractivity contribution is -0.135. The van der Waals surface area contributed by atoms with E-state index in [9.17, 15) is 4.79 Å². The van der Waals surface area contributed by atoms with Crippen molar-refractivity contribution in [3.8, 4) is 5.75 Å². The maximum absolute atomic E-state index is 12.2. The van der Waals surface area contributed by atoms with Crippen LogP contribution < -0.4 is 10.5 Å². The summed E-state index contributed by atoms with van der Waals surface area (Å²) in [6, 6.07) is 9.45. The second-order valence-electron chi connectivity index (χ2n) is 5.73. The second-order valence-corrected chi connectivity index (χ2v) is 5.73. The minimum Gasteiger partial charge on any atom is -0.490 e. The Morgan fingerprint density at radius 1 is 1.25 bits per heavy atom. The van der Waals surface area contributed by atoms with Gasteiger partial charge in [-0.25, -0.2) is 0 Å². The van der Waals surface area contributed by atoms with Crippen LogP contribution >= 0.6 is 0 Å². The SMILES string of the molecule is CC(C)[C@H](N)C(=O)N1CCC(Oc2ccccc2)CC1. The number of rotatable bonds is 4. The first-order chi connectivity index (χ1) is 9.58. The monoisotopic (exact) mass is 276 g/mol. The molecular formula is C16H24N2O2. The number of ether oxygens (including phenoxy) is 1. The van der Waals surface area contributed by atoms with Crippen molar-refractivity contribution in [1.82, 2.24) is 4.90 Å². The predicted octanol–water partition coefficient (Wildman–Crippen LogP) is 2.04. The summed E-state index contributed by atoms with van der Waals surface area (Å²) in [4.78, 5) is 14.0. The van der Waals surface area contributed by atoms with Crippen molar-refractivity contribution in [2.24, 2.45) is 11.7 Å². The zero-order valence-corrected chi connectivity index (χ0v) is 12.3. The topological polar surface area (TPSA) is 55.6 Å². The molecule has 110 valence electrons. The molecule has 1 fully saturated rings. The zero-order chi connectivity index (χ0) is 14.5. The second kappa shape index (κ2) is 6.75. The minimum atomic E-state index is -0.387. The fourth-order valence-electron chi connectivity index (χ4n) is 2.38. The standard InChI is InChI=1S/C16H24N2O2/c1-12(2)15(17)16(19)18-10-8-14(9-11-18)20-13-6-4-3-5-7-13/h3-7,12,14-15H,8-11,17H2,1-2H3/t15-/m0/s1. The molecule has 1 saturated heterocycles. The van der Waals surface area contributed by atoms with Crippen molar-refractivity contribution < 1.29 is 9.53 Å². The van der Waals surface area contributed by atoms with Crippen LogP contribution in [0.1, 0.15) is 26.7 Å². The fourth-order valence-corrected chi connectivity index (χ4v) is 2.38. The average Bonchev–Trinajstić information content (AvgIpc) is 2.47. The fraction of sp³-hybridized carbons (Fsp3) is 0.562. The predicted molar refractivity (Wildman–Crippen MR) is 79.5 cm³/mol. The largest absolute Gasteiger partial charge is 0.490 e. The van der Waals surface area contributed by atoms with Crippen LogP contribution in [0.5, 0.6) is 5.75 Å². The van der Waals surface area contributed by atoms with Crippen molar-refractivity contribution in [3.63, 3.8) is 0 Å². The van der Waals surface area contributed by atoms with E-state index in [4.69, 9.17) is 10.5 Å². The molecule has 0 spiro atoms. The van der Waals surface area contributed by atoms with E-state index in [0.29, 0.717) is 0 Å². The van der Waals surface area contributed by atoms with Crippen LogP contribution in [-0.4, -0.2) is 36.0 Å². The lowest BCUT2D eigenvalue weighted by atomic mass is 10.0. The van der Waals surface area contributed by atoms with Crippen molar-refractivity contribution in [3.05, 3.63) is 30.3 Å². The van der Waals surface area contributed by atoms with Gasteiger partial charge in [0, 0.05) is 25.9 Å². The Morgan fingerprint density at radius 3 is 2.40 bits per heavy atom. The van der Waals surface area contributed by atoms with Crippen molar-refractivity contribution in [2.75, 3.05) is 13.1 Å². The molecule has 0 saturated carbocycles. The zero-order valence-electron chi connectivity index (χ0n) is 12.3. The molecule has 0 radical (unpaired) electrons. The smallest absolute Gasteiger partial charge is 0.239 e. The Balaban J connectivity index is 1.82. The number of para-hydroxylation sites is 1. The van der Waals surface area contributed by atoms with Gasteiger partial charge >= 0.3 is 0 Å². The first-order valence-corrected chi connectivity index (χ1v) is 7.34. The van der Waals surface area contributed by atoms with Gasteiger partial charge in [-0.05, 0) is 18.1 Å². The van der Waals surface area contributed by atoms with Gasteiger partial charge in [0.05, 0.1) is 6.04 Å². The summed E-state index contributed by atoms with van der Waals surface area (Å²) in [5.41, 5.74) is 5.93. The van der Waals surface area contributed by atoms with Crippen LogP contribution in [0.25, 0.3) is 0 Å². The molecule has 20 heavy (non-hydrogen) atoms. The van der Waals surface area contributed by atoms with Gasteiger partial charge in [0.15, 0.2) is 0 Å². The summed E-state index contributed by atoms with van der Waals surface area (Å²) in [5, 5.41) is 0. The summed E-state index contributed by atoms with van der Waals surface area (Å²) < 4.78 is 5.92. The Labute approximate surface area is 120 Å². The third-order valence-corrected chi connectivity index (χ3v) is 3.80. The van der Waals surface area contributed by atoms with Crippen LogP contribution in [0.15, 0.2) is 30.3 Å². The number of piperidine rings is 1. The highest BCUT2D eigenvalue weighted by Gasteiger charge is 2.28. The molecule has 0 aromatic heterocycles. The maximum Gasteiger partial charge on any atom is 0.239 e. The lowest BCUT2D eigenvalue weighted by Gasteiger charge is -2.34. The molecule has 2 rings (SSSR count). The van der Waals surface area contributed by atoms with Gasteiger partial charge < -0.3 is 15.4 Å². The number of likely N-dealkylation sites (tertiary alicyclic amines) is 1. The Morgan fingerprint density at radius 2 is 1.85 bits per heavy atom. The third kappa shape index (κ3) is 3.73. The molecule has 4 nitrogen and oxygen atoms in total. The number of hydrogen-bond donors (Lipinski definition) is 1. The maximum atomic E-state index is 12.2. The molecule has 0 aliphatic carbocycles. The van der Waals surface area contributed by atoms with E-state index in [-0.39, 0.29) is 24.0 Å². The summed E-state index contributed by atoms with van der Waals surface area (Å²) in [6.07, 6.45) is 1.92. The number of carbonyl (C=O) groups excluding carboxylic acids is 1. The average molecular weight is 276 g/mol. The van der Waals surface area contributed by atoms with Gasteiger partial charge in [-0.1, -0.05) is 32.0 Å². The van der Waals surface area contributed by atoms with Crippen molar-refractivity contribution >= 4 is 5.91 Å². The molecule has 2 N–H and O–H groups in total. The van der Waals surface area contributed by atoms with Gasteiger partial charge in [-0.2, -0.15) is 0 Å². The van der Waals surface area contributed by atoms with Crippen molar-refractivity contribution in [1.29, 1.82) is 0 Å². The summed E-state index contributed by atoms with van der Waals surface area (Å²) in [6.45, 7) is 5.43. The highest BCUT2D eigenvalue weighted by Crippen LogP contribution is 2.19. The van der Waals surface area contributed by atoms with E-state index in [1.165, 1.54) is 0 Å². The first-order valence-electron chi connectivity index (χ1n) is 7.34. The van der Waals surface area contributed by atoms with E-state index < -0.39 is 0 Å². The Bertz CT molecular complexity index is 425. The van der Waals surface area contributed by atoms with Gasteiger partial charge in [0.25, 0.3) is 0 Å². The summed E-state index contributed by atoms with van der Waals surface area (Å²) in [7, 11) is 0. The van der Waals surface area contributed by atoms with E-state index in [0.717, 1.165) is 31.7 Å². The van der Waals surface area contributed by atoms with Crippen LogP contribution in [0.4, 0.5) is 0 Å². The van der Waals surface area contributed by atoms with Gasteiger partial charge in [0.2, 0.25) is 5.91 Å². The molecule has 0 bridgehead atoms. The molecule has 1 aromatic carbocycles. The number of nitrogens with zero attached hydrogens (tertiary/aromatic N) is 1. The molecule has 4 heteroatoms. The van der Waals surface area contributed by atoms with Crippen LogP contribution in [0, 0.1) is 5.92 Å². The van der Waals surface area contributed by atoms with Gasteiger partial charge in [-0.15, -0.1) is 0 Å². The van der Waals surface area contributed by atoms with E-state index >= 15 is 0 Å². The Kier molecular flexibility index (Phi) is 5.01. The van der Waals surface area contributed by atoms with Gasteiger partial charge in [-0.3, -0.25) is 4.79 Å². The van der Waals surface area contributed by atoms with Crippen LogP contribution in [-0.2, 0) is 4.79 Å². The number of carbonyl (C=O) groups is 1. The van der Waals surface area contributed by atoms with Gasteiger partial charge in [0.1, 0.15) is 11.9 Å². The molecule has 1 aromatic rings. The summed E-state index contributed by atoms with van der Waals surface area (Å²) in [5.74, 6) is 1.15. The molecule has 1 aliphatic heterocycles. The lowest BCUT2D eigenvalue weighted by Crippen LogP contribution is -2.50. The highest BCUT2D eigenvalue weighted by molar-refractivity contribution is 5.82. The molecule has 1 atom stereocenters. The quantitative estimate of drug-likeness (QED) is 0.915. The molecule has 0 unspecified atom stereocenters. The van der Waals surface area contributed by atoms with Crippen molar-refractivity contribution in [2.45, 2.75) is 38.8 Å². The number of amides is 1. The third-order valence-electron chi connectivity index (χ3n) is 3.80. The van der Waals surface area contributed by atoms with E-state index in [2.05, 4.69) is 0 Å². The molecular weight excluding hydrogens is 252 g/mol. The molecule has 1 amide bonds. The number of benzene rings is 1. The summed E-state index contributed by atoms with van der Waals surface area (Å²) >= 11 is 0. The first kappa shape index (κ1) is 14.9. The molecule has 1 aliphatic rings. The van der Waals surface area contributed by atoms with E-state index in [1.807, 2.05) is 49.1 Å². The number of hydrogen-bond acceptors (Lipinski definition) is 3. The minimum absolute atomic E-state index is 0.0677. The van der Waals surface area contributed by atoms with Crippen LogP contribution in [0.2, 0.25) is 0 Å². The van der Waals surface area contributed by atoms with E-state index in [1.54, 1.807) is 0 Å². The Hall–Kier alpha value is -1.55.